The summed E-state index contributed by atoms with van der Waals surface area (Å²) in [5.74, 6) is 0.925. The number of hydrogen-bond acceptors (Lipinski definition) is 7. The Morgan fingerprint density at radius 3 is 2.46 bits per heavy atom. The first-order valence-corrected chi connectivity index (χ1v) is 9.22. The first-order valence-electron chi connectivity index (χ1n) is 9.22. The third-order valence-electron chi connectivity index (χ3n) is 4.85. The summed E-state index contributed by atoms with van der Waals surface area (Å²) in [5.41, 5.74) is 3.36. The predicted molar refractivity (Wildman–Crippen MR) is 109 cm³/mol. The van der Waals surface area contributed by atoms with Crippen molar-refractivity contribution in [1.82, 2.24) is 19.9 Å². The summed E-state index contributed by atoms with van der Waals surface area (Å²) in [4.78, 5) is 17.6. The standard InChI is InChI=1S/C21H21N7/c1-27-10-12-28(13-11-27)18-8-6-17(7-9-18)25-21-24-15-23-20(26-21)19-5-3-2-4-16(19)14-22/h2-9,15H,10-13H2,1H3,(H,23,24,25,26). The lowest BCUT2D eigenvalue weighted by Crippen LogP contribution is -2.44. The number of hydrogen-bond donors (Lipinski definition) is 1. The Hall–Kier alpha value is -3.50. The smallest absolute Gasteiger partial charge is 0.230 e. The minimum atomic E-state index is 0.449. The van der Waals surface area contributed by atoms with Crippen molar-refractivity contribution in [2.45, 2.75) is 0 Å². The summed E-state index contributed by atoms with van der Waals surface area (Å²) in [7, 11) is 2.16. The van der Waals surface area contributed by atoms with Gasteiger partial charge in [0.1, 0.15) is 6.33 Å². The maximum absolute atomic E-state index is 9.29. The zero-order chi connectivity index (χ0) is 19.3. The Morgan fingerprint density at radius 1 is 0.964 bits per heavy atom. The molecule has 7 nitrogen and oxygen atoms in total. The van der Waals surface area contributed by atoms with Crippen LogP contribution in [0.15, 0.2) is 54.9 Å². The molecule has 0 atom stereocenters. The number of nitrogens with one attached hydrogen (secondary N) is 1. The fourth-order valence-corrected chi connectivity index (χ4v) is 3.21. The van der Waals surface area contributed by atoms with Crippen molar-refractivity contribution < 1.29 is 0 Å². The van der Waals surface area contributed by atoms with E-state index < -0.39 is 0 Å². The molecule has 1 aromatic heterocycles. The molecule has 4 rings (SSSR count). The second kappa shape index (κ2) is 8.03. The Kier molecular flexibility index (Phi) is 5.13. The van der Waals surface area contributed by atoms with Gasteiger partial charge in [-0.15, -0.1) is 0 Å². The summed E-state index contributed by atoms with van der Waals surface area (Å²) in [6.07, 6.45) is 1.46. The summed E-state index contributed by atoms with van der Waals surface area (Å²) in [6, 6.07) is 17.7. The van der Waals surface area contributed by atoms with Crippen molar-refractivity contribution in [3.05, 3.63) is 60.4 Å². The van der Waals surface area contributed by atoms with Gasteiger partial charge in [0.15, 0.2) is 5.82 Å². The molecule has 0 unspecified atom stereocenters. The van der Waals surface area contributed by atoms with Gasteiger partial charge in [0.2, 0.25) is 5.95 Å². The molecule has 28 heavy (non-hydrogen) atoms. The van der Waals surface area contributed by atoms with Gasteiger partial charge >= 0.3 is 0 Å². The van der Waals surface area contributed by atoms with Gasteiger partial charge in [0.25, 0.3) is 0 Å². The summed E-state index contributed by atoms with van der Waals surface area (Å²) < 4.78 is 0. The second-order valence-corrected chi connectivity index (χ2v) is 6.75. The Bertz CT molecular complexity index is 986. The number of rotatable bonds is 4. The Balaban J connectivity index is 1.50. The van der Waals surface area contributed by atoms with Crippen LogP contribution in [0.5, 0.6) is 0 Å². The van der Waals surface area contributed by atoms with Gasteiger partial charge in [-0.2, -0.15) is 10.2 Å². The van der Waals surface area contributed by atoms with E-state index in [1.54, 1.807) is 6.07 Å². The van der Waals surface area contributed by atoms with E-state index in [0.717, 1.165) is 31.9 Å². The average Bonchev–Trinajstić information content (AvgIpc) is 2.75. The molecule has 7 heteroatoms. The van der Waals surface area contributed by atoms with E-state index in [1.165, 1.54) is 12.0 Å². The van der Waals surface area contributed by atoms with Gasteiger partial charge in [0, 0.05) is 43.1 Å². The van der Waals surface area contributed by atoms with Crippen LogP contribution in [-0.4, -0.2) is 53.1 Å². The number of nitriles is 1. The van der Waals surface area contributed by atoms with Crippen LogP contribution in [0.2, 0.25) is 0 Å². The molecule has 0 amide bonds. The van der Waals surface area contributed by atoms with Gasteiger partial charge < -0.3 is 15.1 Å². The van der Waals surface area contributed by atoms with Gasteiger partial charge in [-0.25, -0.2) is 9.97 Å². The number of benzene rings is 2. The monoisotopic (exact) mass is 371 g/mol. The van der Waals surface area contributed by atoms with Crippen molar-refractivity contribution in [1.29, 1.82) is 5.26 Å². The quantitative estimate of drug-likeness (QED) is 0.755. The molecule has 0 radical (unpaired) electrons. The molecule has 3 aromatic rings. The third-order valence-corrected chi connectivity index (χ3v) is 4.85. The maximum atomic E-state index is 9.29. The highest BCUT2D eigenvalue weighted by Gasteiger charge is 2.14. The predicted octanol–water partition coefficient (Wildman–Crippen LogP) is 2.91. The lowest BCUT2D eigenvalue weighted by atomic mass is 10.1. The molecule has 1 saturated heterocycles. The number of nitrogens with zero attached hydrogens (tertiary/aromatic N) is 6. The van der Waals surface area contributed by atoms with E-state index in [-0.39, 0.29) is 0 Å². The zero-order valence-electron chi connectivity index (χ0n) is 15.7. The molecular formula is C21H21N7. The van der Waals surface area contributed by atoms with Crippen LogP contribution in [0, 0.1) is 11.3 Å². The van der Waals surface area contributed by atoms with E-state index in [2.05, 4.69) is 55.3 Å². The van der Waals surface area contributed by atoms with Gasteiger partial charge in [-0.3, -0.25) is 0 Å². The molecular weight excluding hydrogens is 350 g/mol. The molecule has 0 aliphatic carbocycles. The van der Waals surface area contributed by atoms with E-state index in [0.29, 0.717) is 22.9 Å². The average molecular weight is 371 g/mol. The molecule has 1 N–H and O–H groups in total. The Labute approximate surface area is 164 Å². The van der Waals surface area contributed by atoms with Crippen LogP contribution >= 0.6 is 0 Å². The van der Waals surface area contributed by atoms with Crippen LogP contribution in [-0.2, 0) is 0 Å². The van der Waals surface area contributed by atoms with Crippen molar-refractivity contribution in [2.75, 3.05) is 43.4 Å². The van der Waals surface area contributed by atoms with E-state index >= 15 is 0 Å². The molecule has 140 valence electrons. The van der Waals surface area contributed by atoms with Gasteiger partial charge in [-0.05, 0) is 43.4 Å². The second-order valence-electron chi connectivity index (χ2n) is 6.75. The molecule has 0 spiro atoms. The molecule has 1 aliphatic heterocycles. The number of piperazine rings is 1. The third kappa shape index (κ3) is 3.92. The SMILES string of the molecule is CN1CCN(c2ccc(Nc3ncnc(-c4ccccc4C#N)n3)cc2)CC1. The fraction of sp³-hybridized carbons (Fsp3) is 0.238. The van der Waals surface area contributed by atoms with Crippen molar-refractivity contribution >= 4 is 17.3 Å². The first kappa shape index (κ1) is 17.9. The van der Waals surface area contributed by atoms with E-state index in [9.17, 15) is 5.26 Å². The molecule has 2 aromatic carbocycles. The Morgan fingerprint density at radius 2 is 1.71 bits per heavy atom. The van der Waals surface area contributed by atoms with Gasteiger partial charge in [-0.1, -0.05) is 12.1 Å². The van der Waals surface area contributed by atoms with Crippen molar-refractivity contribution in [3.8, 4) is 17.5 Å². The maximum Gasteiger partial charge on any atom is 0.230 e. The van der Waals surface area contributed by atoms with Crippen LogP contribution in [0.25, 0.3) is 11.4 Å². The minimum Gasteiger partial charge on any atom is -0.369 e. The number of likely N-dealkylation sites (N-methyl/N-ethyl adjacent to an activating group) is 1. The lowest BCUT2D eigenvalue weighted by molar-refractivity contribution is 0.313. The first-order chi connectivity index (χ1) is 13.7. The number of aromatic nitrogens is 3. The van der Waals surface area contributed by atoms with Crippen molar-refractivity contribution in [3.63, 3.8) is 0 Å². The molecule has 0 saturated carbocycles. The van der Waals surface area contributed by atoms with E-state index in [1.807, 2.05) is 30.3 Å². The molecule has 1 aliphatic rings. The summed E-state index contributed by atoms with van der Waals surface area (Å²) in [6.45, 7) is 4.24. The van der Waals surface area contributed by atoms with Crippen LogP contribution in [0.1, 0.15) is 5.56 Å². The number of anilines is 3. The van der Waals surface area contributed by atoms with Crippen molar-refractivity contribution in [2.24, 2.45) is 0 Å². The fourth-order valence-electron chi connectivity index (χ4n) is 3.21. The van der Waals surface area contributed by atoms with Crippen LogP contribution in [0.3, 0.4) is 0 Å². The molecule has 1 fully saturated rings. The normalized spacial score (nSPS) is 14.5. The summed E-state index contributed by atoms with van der Waals surface area (Å²) >= 11 is 0. The molecule has 0 bridgehead atoms. The topological polar surface area (TPSA) is 81.0 Å². The highest BCUT2D eigenvalue weighted by atomic mass is 15.2. The van der Waals surface area contributed by atoms with Crippen LogP contribution < -0.4 is 10.2 Å². The lowest BCUT2D eigenvalue weighted by Gasteiger charge is -2.34. The van der Waals surface area contributed by atoms with E-state index in [4.69, 9.17) is 0 Å². The summed E-state index contributed by atoms with van der Waals surface area (Å²) in [5, 5.41) is 12.5. The highest BCUT2D eigenvalue weighted by Crippen LogP contribution is 2.23. The van der Waals surface area contributed by atoms with Crippen LogP contribution in [0.4, 0.5) is 17.3 Å². The zero-order valence-corrected chi connectivity index (χ0v) is 15.7. The largest absolute Gasteiger partial charge is 0.369 e. The molecule has 2 heterocycles. The van der Waals surface area contributed by atoms with Gasteiger partial charge in [0.05, 0.1) is 11.6 Å². The highest BCUT2D eigenvalue weighted by molar-refractivity contribution is 5.66. The minimum absolute atomic E-state index is 0.449.